The van der Waals surface area contributed by atoms with Crippen LogP contribution in [-0.4, -0.2) is 5.91 Å². The first-order valence-electron chi connectivity index (χ1n) is 7.27. The molecule has 2 rings (SSSR count). The summed E-state index contributed by atoms with van der Waals surface area (Å²) < 4.78 is 0. The highest BCUT2D eigenvalue weighted by molar-refractivity contribution is 5.97. The van der Waals surface area contributed by atoms with Crippen molar-refractivity contribution in [3.63, 3.8) is 0 Å². The van der Waals surface area contributed by atoms with Crippen LogP contribution in [0.15, 0.2) is 42.5 Å². The number of carbonyl (C=O) groups is 1. The molecule has 0 saturated carbocycles. The topological polar surface area (TPSA) is 55.1 Å². The van der Waals surface area contributed by atoms with Gasteiger partial charge in [-0.25, -0.2) is 0 Å². The summed E-state index contributed by atoms with van der Waals surface area (Å²) in [5, 5.41) is 3.02. The largest absolute Gasteiger partial charge is 0.398 e. The van der Waals surface area contributed by atoms with Gasteiger partial charge < -0.3 is 11.1 Å². The molecule has 0 spiro atoms. The molecule has 1 unspecified atom stereocenters. The molecule has 0 aromatic heterocycles. The number of rotatable bonds is 4. The van der Waals surface area contributed by atoms with Crippen LogP contribution in [0, 0.1) is 6.92 Å². The number of amides is 1. The van der Waals surface area contributed by atoms with Gasteiger partial charge in [0.05, 0.1) is 6.04 Å². The Balaban J connectivity index is 2.12. The summed E-state index contributed by atoms with van der Waals surface area (Å²) in [7, 11) is 0. The monoisotopic (exact) mass is 282 g/mol. The van der Waals surface area contributed by atoms with E-state index in [1.165, 1.54) is 5.56 Å². The first-order valence-corrected chi connectivity index (χ1v) is 7.27. The SMILES string of the molecule is CCc1ccc(C(C)NC(=O)c2cccc(N)c2C)cc1. The minimum atomic E-state index is -0.0909. The Morgan fingerprint density at radius 2 is 1.86 bits per heavy atom. The normalized spacial score (nSPS) is 12.0. The van der Waals surface area contributed by atoms with Gasteiger partial charge in [0.1, 0.15) is 0 Å². The molecule has 3 heteroatoms. The predicted molar refractivity (Wildman–Crippen MR) is 87.3 cm³/mol. The summed E-state index contributed by atoms with van der Waals surface area (Å²) in [5.74, 6) is -0.0909. The number of anilines is 1. The summed E-state index contributed by atoms with van der Waals surface area (Å²) in [6.45, 7) is 5.98. The summed E-state index contributed by atoms with van der Waals surface area (Å²) in [6.07, 6.45) is 1.02. The fourth-order valence-electron chi connectivity index (χ4n) is 2.30. The van der Waals surface area contributed by atoms with Gasteiger partial charge in [-0.1, -0.05) is 37.3 Å². The Hall–Kier alpha value is -2.29. The summed E-state index contributed by atoms with van der Waals surface area (Å²) in [6, 6.07) is 13.7. The van der Waals surface area contributed by atoms with Crippen LogP contribution in [-0.2, 0) is 6.42 Å². The molecule has 0 bridgehead atoms. The molecular formula is C18H22N2O. The van der Waals surface area contributed by atoms with Crippen molar-refractivity contribution in [1.82, 2.24) is 5.32 Å². The lowest BCUT2D eigenvalue weighted by Gasteiger charge is -2.16. The summed E-state index contributed by atoms with van der Waals surface area (Å²) in [5.41, 5.74) is 10.3. The van der Waals surface area contributed by atoms with E-state index in [-0.39, 0.29) is 11.9 Å². The Labute approximate surface area is 126 Å². The first kappa shape index (κ1) is 15.1. The van der Waals surface area contributed by atoms with Crippen LogP contribution >= 0.6 is 0 Å². The molecule has 3 nitrogen and oxygen atoms in total. The first-order chi connectivity index (χ1) is 10.0. The molecule has 2 aromatic carbocycles. The molecule has 2 aromatic rings. The maximum Gasteiger partial charge on any atom is 0.252 e. The average Bonchev–Trinajstić information content (AvgIpc) is 2.50. The number of aryl methyl sites for hydroxylation is 1. The average molecular weight is 282 g/mol. The van der Waals surface area contributed by atoms with E-state index >= 15 is 0 Å². The zero-order valence-electron chi connectivity index (χ0n) is 12.8. The third-order valence-electron chi connectivity index (χ3n) is 3.86. The van der Waals surface area contributed by atoms with E-state index in [1.807, 2.05) is 13.8 Å². The molecule has 0 radical (unpaired) electrons. The van der Waals surface area contributed by atoms with Gasteiger partial charge in [-0.05, 0) is 49.1 Å². The Bertz CT molecular complexity index is 632. The fraction of sp³-hybridized carbons (Fsp3) is 0.278. The van der Waals surface area contributed by atoms with Crippen molar-refractivity contribution in [3.8, 4) is 0 Å². The summed E-state index contributed by atoms with van der Waals surface area (Å²) in [4.78, 5) is 12.4. The molecule has 3 N–H and O–H groups in total. The van der Waals surface area contributed by atoms with Gasteiger partial charge in [0.25, 0.3) is 5.91 Å². The van der Waals surface area contributed by atoms with E-state index in [9.17, 15) is 4.79 Å². The molecule has 110 valence electrons. The van der Waals surface area contributed by atoms with Crippen molar-refractivity contribution in [3.05, 3.63) is 64.7 Å². The second-order valence-electron chi connectivity index (χ2n) is 5.31. The van der Waals surface area contributed by atoms with E-state index < -0.39 is 0 Å². The molecule has 1 amide bonds. The fourth-order valence-corrected chi connectivity index (χ4v) is 2.30. The number of nitrogens with one attached hydrogen (secondary N) is 1. The lowest BCUT2D eigenvalue weighted by Crippen LogP contribution is -2.27. The van der Waals surface area contributed by atoms with Gasteiger partial charge in [-0.2, -0.15) is 0 Å². The molecule has 1 atom stereocenters. The van der Waals surface area contributed by atoms with Crippen LogP contribution < -0.4 is 11.1 Å². The smallest absolute Gasteiger partial charge is 0.252 e. The van der Waals surface area contributed by atoms with Crippen molar-refractivity contribution < 1.29 is 4.79 Å². The van der Waals surface area contributed by atoms with Crippen LogP contribution in [0.1, 0.15) is 46.9 Å². The predicted octanol–water partition coefficient (Wildman–Crippen LogP) is 3.63. The third kappa shape index (κ3) is 3.43. The van der Waals surface area contributed by atoms with Gasteiger partial charge in [-0.3, -0.25) is 4.79 Å². The van der Waals surface area contributed by atoms with E-state index in [2.05, 4.69) is 36.5 Å². The highest BCUT2D eigenvalue weighted by Crippen LogP contribution is 2.18. The second kappa shape index (κ2) is 6.44. The number of nitrogen functional groups attached to an aromatic ring is 1. The highest BCUT2D eigenvalue weighted by Gasteiger charge is 2.14. The van der Waals surface area contributed by atoms with E-state index in [0.29, 0.717) is 11.3 Å². The number of hydrogen-bond acceptors (Lipinski definition) is 2. The quantitative estimate of drug-likeness (QED) is 0.841. The minimum Gasteiger partial charge on any atom is -0.398 e. The van der Waals surface area contributed by atoms with Crippen LogP contribution in [0.4, 0.5) is 5.69 Å². The van der Waals surface area contributed by atoms with E-state index in [4.69, 9.17) is 5.73 Å². The zero-order chi connectivity index (χ0) is 15.4. The molecule has 21 heavy (non-hydrogen) atoms. The van der Waals surface area contributed by atoms with Gasteiger partial charge in [0.2, 0.25) is 0 Å². The number of nitrogens with two attached hydrogens (primary N) is 1. The molecule has 0 saturated heterocycles. The third-order valence-corrected chi connectivity index (χ3v) is 3.86. The van der Waals surface area contributed by atoms with Crippen molar-refractivity contribution >= 4 is 11.6 Å². The maximum atomic E-state index is 12.4. The lowest BCUT2D eigenvalue weighted by molar-refractivity contribution is 0.0939. The maximum absolute atomic E-state index is 12.4. The molecular weight excluding hydrogens is 260 g/mol. The number of carbonyl (C=O) groups excluding carboxylic acids is 1. The van der Waals surface area contributed by atoms with Gasteiger partial charge >= 0.3 is 0 Å². The molecule has 0 aliphatic carbocycles. The Kier molecular flexibility index (Phi) is 4.63. The lowest BCUT2D eigenvalue weighted by atomic mass is 10.0. The molecule has 0 aliphatic heterocycles. The molecule has 0 fully saturated rings. The van der Waals surface area contributed by atoms with Crippen LogP contribution in [0.2, 0.25) is 0 Å². The second-order valence-corrected chi connectivity index (χ2v) is 5.31. The Morgan fingerprint density at radius 3 is 2.48 bits per heavy atom. The highest BCUT2D eigenvalue weighted by atomic mass is 16.1. The van der Waals surface area contributed by atoms with E-state index in [0.717, 1.165) is 17.5 Å². The van der Waals surface area contributed by atoms with Crippen LogP contribution in [0.5, 0.6) is 0 Å². The minimum absolute atomic E-state index is 0.0377. The van der Waals surface area contributed by atoms with Crippen molar-refractivity contribution in [2.24, 2.45) is 0 Å². The molecule has 0 heterocycles. The zero-order valence-corrected chi connectivity index (χ0v) is 12.8. The standard InChI is InChI=1S/C18H22N2O/c1-4-14-8-10-15(11-9-14)13(3)20-18(21)16-6-5-7-17(19)12(16)2/h5-11,13H,4,19H2,1-3H3,(H,20,21). The van der Waals surface area contributed by atoms with Crippen LogP contribution in [0.25, 0.3) is 0 Å². The van der Waals surface area contributed by atoms with Crippen molar-refractivity contribution in [2.75, 3.05) is 5.73 Å². The van der Waals surface area contributed by atoms with Gasteiger partial charge in [0, 0.05) is 11.3 Å². The van der Waals surface area contributed by atoms with Gasteiger partial charge in [-0.15, -0.1) is 0 Å². The molecule has 0 aliphatic rings. The Morgan fingerprint density at radius 1 is 1.19 bits per heavy atom. The van der Waals surface area contributed by atoms with Crippen molar-refractivity contribution in [1.29, 1.82) is 0 Å². The number of benzene rings is 2. The van der Waals surface area contributed by atoms with Crippen molar-refractivity contribution in [2.45, 2.75) is 33.2 Å². The number of hydrogen-bond donors (Lipinski definition) is 2. The summed E-state index contributed by atoms with van der Waals surface area (Å²) >= 11 is 0. The van der Waals surface area contributed by atoms with Gasteiger partial charge in [0.15, 0.2) is 0 Å². The van der Waals surface area contributed by atoms with E-state index in [1.54, 1.807) is 18.2 Å². The van der Waals surface area contributed by atoms with Crippen LogP contribution in [0.3, 0.4) is 0 Å².